The minimum absolute atomic E-state index is 0.352. The summed E-state index contributed by atoms with van der Waals surface area (Å²) in [5.41, 5.74) is 4.15. The molecular weight excluding hydrogens is 184 g/mol. The molecule has 0 heterocycles. The van der Waals surface area contributed by atoms with Crippen LogP contribution in [0.4, 0.5) is 0 Å². The molecule has 0 aromatic heterocycles. The zero-order valence-corrected chi connectivity index (χ0v) is 9.18. The van der Waals surface area contributed by atoms with Gasteiger partial charge in [-0.05, 0) is 42.2 Å². The standard InChI is InChI=1S/C14H16O/c1-2-10-3-4-11-12(9-10)14(7-8-14)6-5-13(11)15/h3-4,9H,2,5-8H2,1H3. The fourth-order valence-corrected chi connectivity index (χ4v) is 2.79. The van der Waals surface area contributed by atoms with Crippen LogP contribution in [-0.4, -0.2) is 5.78 Å². The van der Waals surface area contributed by atoms with Crippen molar-refractivity contribution in [2.45, 2.75) is 44.4 Å². The molecular formula is C14H16O. The van der Waals surface area contributed by atoms with Gasteiger partial charge in [0.15, 0.2) is 5.78 Å². The molecule has 0 bridgehead atoms. The smallest absolute Gasteiger partial charge is 0.163 e. The maximum atomic E-state index is 11.8. The van der Waals surface area contributed by atoms with Gasteiger partial charge in [-0.1, -0.05) is 25.1 Å². The Labute approximate surface area is 90.5 Å². The lowest BCUT2D eigenvalue weighted by Gasteiger charge is -2.24. The Bertz CT molecular complexity index is 427. The van der Waals surface area contributed by atoms with Crippen LogP contribution in [0.5, 0.6) is 0 Å². The quantitative estimate of drug-likeness (QED) is 0.680. The van der Waals surface area contributed by atoms with Gasteiger partial charge in [0.25, 0.3) is 0 Å². The highest BCUT2D eigenvalue weighted by molar-refractivity contribution is 5.99. The van der Waals surface area contributed by atoms with Crippen molar-refractivity contribution in [3.8, 4) is 0 Å². The number of benzene rings is 1. The highest BCUT2D eigenvalue weighted by Crippen LogP contribution is 2.55. The van der Waals surface area contributed by atoms with E-state index in [2.05, 4.69) is 25.1 Å². The molecule has 0 N–H and O–H groups in total. The first kappa shape index (κ1) is 9.14. The summed E-state index contributed by atoms with van der Waals surface area (Å²) in [5.74, 6) is 0.352. The molecule has 0 amide bonds. The molecule has 1 spiro atoms. The number of rotatable bonds is 1. The Balaban J connectivity index is 2.16. The Kier molecular flexibility index (Phi) is 1.79. The minimum atomic E-state index is 0.352. The number of carbonyl (C=O) groups is 1. The summed E-state index contributed by atoms with van der Waals surface area (Å²) in [6.45, 7) is 2.17. The number of hydrogen-bond donors (Lipinski definition) is 0. The van der Waals surface area contributed by atoms with Gasteiger partial charge in [-0.2, -0.15) is 0 Å². The minimum Gasteiger partial charge on any atom is -0.294 e. The molecule has 1 nitrogen and oxygen atoms in total. The van der Waals surface area contributed by atoms with Crippen molar-refractivity contribution >= 4 is 5.78 Å². The topological polar surface area (TPSA) is 17.1 Å². The summed E-state index contributed by atoms with van der Waals surface area (Å²) >= 11 is 0. The molecule has 3 rings (SSSR count). The fourth-order valence-electron chi connectivity index (χ4n) is 2.79. The molecule has 1 heteroatoms. The maximum absolute atomic E-state index is 11.8. The SMILES string of the molecule is CCc1ccc2c(c1)C1(CCC2=O)CC1. The Morgan fingerprint density at radius 3 is 2.73 bits per heavy atom. The Hall–Kier alpha value is -1.11. The van der Waals surface area contributed by atoms with Gasteiger partial charge < -0.3 is 0 Å². The van der Waals surface area contributed by atoms with Crippen LogP contribution in [0.3, 0.4) is 0 Å². The second-order valence-corrected chi connectivity index (χ2v) is 4.94. The van der Waals surface area contributed by atoms with E-state index < -0.39 is 0 Å². The molecule has 0 saturated heterocycles. The molecule has 78 valence electrons. The predicted octanol–water partition coefficient (Wildman–Crippen LogP) is 3.26. The van der Waals surface area contributed by atoms with Crippen LogP contribution in [-0.2, 0) is 11.8 Å². The average Bonchev–Trinajstić information content (AvgIpc) is 3.05. The van der Waals surface area contributed by atoms with E-state index in [1.165, 1.54) is 24.0 Å². The summed E-state index contributed by atoms with van der Waals surface area (Å²) < 4.78 is 0. The third-order valence-corrected chi connectivity index (χ3v) is 4.05. The van der Waals surface area contributed by atoms with Crippen LogP contribution in [0.15, 0.2) is 18.2 Å². The van der Waals surface area contributed by atoms with E-state index in [-0.39, 0.29) is 0 Å². The highest BCUT2D eigenvalue weighted by Gasteiger charge is 2.48. The van der Waals surface area contributed by atoms with Gasteiger partial charge in [0.05, 0.1) is 0 Å². The number of fused-ring (bicyclic) bond motifs is 2. The van der Waals surface area contributed by atoms with E-state index in [1.54, 1.807) is 0 Å². The van der Waals surface area contributed by atoms with Crippen molar-refractivity contribution in [3.05, 3.63) is 34.9 Å². The summed E-state index contributed by atoms with van der Waals surface area (Å²) in [6.07, 6.45) is 5.50. The summed E-state index contributed by atoms with van der Waals surface area (Å²) in [7, 11) is 0. The molecule has 1 aromatic rings. The zero-order valence-electron chi connectivity index (χ0n) is 9.18. The van der Waals surface area contributed by atoms with Gasteiger partial charge in [-0.25, -0.2) is 0 Å². The molecule has 0 radical (unpaired) electrons. The van der Waals surface area contributed by atoms with Gasteiger partial charge in [-0.15, -0.1) is 0 Å². The van der Waals surface area contributed by atoms with Crippen LogP contribution in [0.2, 0.25) is 0 Å². The highest BCUT2D eigenvalue weighted by atomic mass is 16.1. The van der Waals surface area contributed by atoms with Crippen molar-refractivity contribution in [1.82, 2.24) is 0 Å². The van der Waals surface area contributed by atoms with Crippen molar-refractivity contribution < 1.29 is 4.79 Å². The third kappa shape index (κ3) is 1.26. The first-order chi connectivity index (χ1) is 7.25. The predicted molar refractivity (Wildman–Crippen MR) is 60.3 cm³/mol. The molecule has 1 fully saturated rings. The maximum Gasteiger partial charge on any atom is 0.163 e. The zero-order chi connectivity index (χ0) is 10.5. The monoisotopic (exact) mass is 200 g/mol. The van der Waals surface area contributed by atoms with Crippen LogP contribution >= 0.6 is 0 Å². The molecule has 0 aliphatic heterocycles. The average molecular weight is 200 g/mol. The number of aryl methyl sites for hydroxylation is 1. The number of carbonyl (C=O) groups excluding carboxylic acids is 1. The van der Waals surface area contributed by atoms with E-state index in [0.717, 1.165) is 24.8 Å². The first-order valence-corrected chi connectivity index (χ1v) is 5.92. The van der Waals surface area contributed by atoms with Crippen molar-refractivity contribution in [2.24, 2.45) is 0 Å². The molecule has 2 aliphatic carbocycles. The number of ketones is 1. The van der Waals surface area contributed by atoms with Crippen LogP contribution in [0.1, 0.15) is 54.1 Å². The molecule has 1 saturated carbocycles. The van der Waals surface area contributed by atoms with Crippen molar-refractivity contribution in [3.63, 3.8) is 0 Å². The lowest BCUT2D eigenvalue weighted by atomic mass is 9.78. The first-order valence-electron chi connectivity index (χ1n) is 5.92. The molecule has 0 unspecified atom stereocenters. The molecule has 1 aromatic carbocycles. The van der Waals surface area contributed by atoms with Gasteiger partial charge in [-0.3, -0.25) is 4.79 Å². The largest absolute Gasteiger partial charge is 0.294 e. The van der Waals surface area contributed by atoms with E-state index in [0.29, 0.717) is 11.2 Å². The summed E-state index contributed by atoms with van der Waals surface area (Å²) in [4.78, 5) is 11.8. The summed E-state index contributed by atoms with van der Waals surface area (Å²) in [6, 6.07) is 6.44. The van der Waals surface area contributed by atoms with Gasteiger partial charge in [0, 0.05) is 12.0 Å². The molecule has 2 aliphatic rings. The Morgan fingerprint density at radius 2 is 2.07 bits per heavy atom. The van der Waals surface area contributed by atoms with Gasteiger partial charge in [0.2, 0.25) is 0 Å². The Morgan fingerprint density at radius 1 is 1.27 bits per heavy atom. The van der Waals surface area contributed by atoms with Crippen LogP contribution in [0.25, 0.3) is 0 Å². The van der Waals surface area contributed by atoms with E-state index in [1.807, 2.05) is 0 Å². The van der Waals surface area contributed by atoms with E-state index in [9.17, 15) is 4.79 Å². The third-order valence-electron chi connectivity index (χ3n) is 4.05. The number of hydrogen-bond acceptors (Lipinski definition) is 1. The van der Waals surface area contributed by atoms with E-state index in [4.69, 9.17) is 0 Å². The fraction of sp³-hybridized carbons (Fsp3) is 0.500. The lowest BCUT2D eigenvalue weighted by molar-refractivity contribution is 0.0964. The number of Topliss-reactive ketones (excluding diaryl/α,β-unsaturated/α-hetero) is 1. The van der Waals surface area contributed by atoms with Crippen molar-refractivity contribution in [2.75, 3.05) is 0 Å². The second-order valence-electron chi connectivity index (χ2n) is 4.94. The normalized spacial score (nSPS) is 21.5. The molecule has 15 heavy (non-hydrogen) atoms. The second kappa shape index (κ2) is 2.94. The lowest BCUT2D eigenvalue weighted by Crippen LogP contribution is -2.21. The van der Waals surface area contributed by atoms with Crippen LogP contribution in [0, 0.1) is 0 Å². The molecule has 0 atom stereocenters. The van der Waals surface area contributed by atoms with Gasteiger partial charge >= 0.3 is 0 Å². The van der Waals surface area contributed by atoms with Gasteiger partial charge in [0.1, 0.15) is 0 Å². The van der Waals surface area contributed by atoms with E-state index >= 15 is 0 Å². The van der Waals surface area contributed by atoms with Crippen molar-refractivity contribution in [1.29, 1.82) is 0 Å². The summed E-state index contributed by atoms with van der Waals surface area (Å²) in [5, 5.41) is 0. The van der Waals surface area contributed by atoms with Crippen LogP contribution < -0.4 is 0 Å².